The second-order valence-electron chi connectivity index (χ2n) is 18.7. The summed E-state index contributed by atoms with van der Waals surface area (Å²) in [7, 11) is 0. The van der Waals surface area contributed by atoms with E-state index in [2.05, 4.69) is 60.7 Å². The van der Waals surface area contributed by atoms with Crippen molar-refractivity contribution in [1.82, 2.24) is 5.32 Å². The van der Waals surface area contributed by atoms with Crippen molar-refractivity contribution in [3.05, 3.63) is 0 Å². The predicted molar refractivity (Wildman–Crippen MR) is 169 cm³/mol. The van der Waals surface area contributed by atoms with E-state index in [0.29, 0.717) is 28.7 Å². The van der Waals surface area contributed by atoms with Gasteiger partial charge in [-0.3, -0.25) is 4.79 Å². The van der Waals surface area contributed by atoms with Gasteiger partial charge in [0.15, 0.2) is 0 Å². The largest absolute Gasteiger partial charge is 0.462 e. The molecule has 0 heterocycles. The van der Waals surface area contributed by atoms with Crippen molar-refractivity contribution in [1.29, 1.82) is 0 Å². The Labute approximate surface area is 256 Å². The smallest absolute Gasteiger partial charge is 0.309 e. The molecule has 0 bridgehead atoms. The third-order valence-corrected chi connectivity index (χ3v) is 15.4. The minimum absolute atomic E-state index is 0.0264. The molecule has 5 nitrogen and oxygen atoms in total. The van der Waals surface area contributed by atoms with Crippen molar-refractivity contribution in [3.63, 3.8) is 0 Å². The molecule has 6 saturated carbocycles. The number of aldehydes is 1. The van der Waals surface area contributed by atoms with Crippen LogP contribution in [0.15, 0.2) is 0 Å². The number of fused-ring (bicyclic) bond motifs is 7. The Morgan fingerprint density at radius 1 is 0.857 bits per heavy atom. The topological polar surface area (TPSA) is 81.4 Å². The molecule has 0 radical (unpaired) electrons. The summed E-state index contributed by atoms with van der Waals surface area (Å²) in [5.41, 5.74) is 6.99. The van der Waals surface area contributed by atoms with Gasteiger partial charge in [0.25, 0.3) is 0 Å². The maximum atomic E-state index is 13.4. The summed E-state index contributed by atoms with van der Waals surface area (Å²) in [5, 5.41) is 4.08. The molecule has 6 aliphatic rings. The highest BCUT2D eigenvalue weighted by Crippen LogP contribution is 2.72. The van der Waals surface area contributed by atoms with Crippen LogP contribution in [-0.4, -0.2) is 36.0 Å². The molecule has 0 aromatic heterocycles. The molecule has 3 N–H and O–H groups in total. The minimum atomic E-state index is -0.287. The van der Waals surface area contributed by atoms with Crippen molar-refractivity contribution in [2.75, 3.05) is 6.54 Å². The normalized spacial score (nSPS) is 49.0. The van der Waals surface area contributed by atoms with Gasteiger partial charge >= 0.3 is 5.97 Å². The van der Waals surface area contributed by atoms with Gasteiger partial charge in [-0.05, 0) is 130 Å². The van der Waals surface area contributed by atoms with E-state index in [9.17, 15) is 9.59 Å². The number of rotatable bonds is 6. The third kappa shape index (κ3) is 4.51. The molecule has 10 unspecified atom stereocenters. The average molecular weight is 583 g/mol. The van der Waals surface area contributed by atoms with Crippen LogP contribution in [0, 0.1) is 63.1 Å². The monoisotopic (exact) mass is 582 g/mol. The van der Waals surface area contributed by atoms with E-state index in [1.54, 1.807) is 0 Å². The lowest BCUT2D eigenvalue weighted by Crippen LogP contribution is -2.65. The van der Waals surface area contributed by atoms with Gasteiger partial charge in [0.1, 0.15) is 12.4 Å². The summed E-state index contributed by atoms with van der Waals surface area (Å²) >= 11 is 0. The van der Waals surface area contributed by atoms with Crippen LogP contribution in [0.3, 0.4) is 0 Å². The van der Waals surface area contributed by atoms with E-state index in [-0.39, 0.29) is 40.3 Å². The van der Waals surface area contributed by atoms with E-state index < -0.39 is 0 Å². The molecule has 0 amide bonds. The van der Waals surface area contributed by atoms with Gasteiger partial charge in [-0.25, -0.2) is 0 Å². The molecule has 0 spiro atoms. The molecule has 11 atom stereocenters. The number of ether oxygens (including phenoxy) is 1. The summed E-state index contributed by atoms with van der Waals surface area (Å²) in [5.74, 6) is 3.58. The number of carbonyl (C=O) groups excluding carboxylic acids is 2. The first kappa shape index (κ1) is 31.1. The zero-order valence-corrected chi connectivity index (χ0v) is 28.2. The number of esters is 1. The van der Waals surface area contributed by atoms with Crippen LogP contribution in [0.2, 0.25) is 0 Å². The molecule has 6 rings (SSSR count). The number of nitrogens with one attached hydrogen (secondary N) is 1. The van der Waals surface area contributed by atoms with Gasteiger partial charge in [-0.1, -0.05) is 48.0 Å². The maximum absolute atomic E-state index is 13.4. The summed E-state index contributed by atoms with van der Waals surface area (Å²) in [4.78, 5) is 24.9. The molecule has 0 aliphatic heterocycles. The number of nitrogens with two attached hydrogens (primary N) is 1. The fourth-order valence-corrected chi connectivity index (χ4v) is 12.9. The Balaban J connectivity index is 1.18. The Bertz CT molecular complexity index is 1080. The van der Waals surface area contributed by atoms with E-state index in [1.165, 1.54) is 64.2 Å². The van der Waals surface area contributed by atoms with Gasteiger partial charge < -0.3 is 20.6 Å². The van der Waals surface area contributed by atoms with Crippen LogP contribution in [0.1, 0.15) is 132 Å². The number of hydrogen-bond acceptors (Lipinski definition) is 5. The Hall–Kier alpha value is -0.940. The predicted octanol–water partition coefficient (Wildman–Crippen LogP) is 7.30. The molecule has 6 aliphatic carbocycles. The van der Waals surface area contributed by atoms with Crippen LogP contribution in [0.25, 0.3) is 0 Å². The highest BCUT2D eigenvalue weighted by molar-refractivity contribution is 5.77. The van der Waals surface area contributed by atoms with Crippen LogP contribution >= 0.6 is 0 Å². The molecule has 5 heteroatoms. The summed E-state index contributed by atoms with van der Waals surface area (Å²) in [6.07, 6.45) is 15.9. The zero-order chi connectivity index (χ0) is 30.5. The third-order valence-electron chi connectivity index (χ3n) is 15.4. The minimum Gasteiger partial charge on any atom is -0.462 e. The second kappa shape index (κ2) is 10.0. The van der Waals surface area contributed by atoms with Gasteiger partial charge in [-0.15, -0.1) is 0 Å². The summed E-state index contributed by atoms with van der Waals surface area (Å²) in [6.45, 7) is 19.5. The lowest BCUT2D eigenvalue weighted by molar-refractivity contribution is -0.224. The first-order valence-corrected chi connectivity index (χ1v) is 17.7. The summed E-state index contributed by atoms with van der Waals surface area (Å²) in [6, 6.07) is 0. The van der Waals surface area contributed by atoms with Gasteiger partial charge in [0.2, 0.25) is 0 Å². The quantitative estimate of drug-likeness (QED) is 0.254. The van der Waals surface area contributed by atoms with Gasteiger partial charge in [-0.2, -0.15) is 0 Å². The SMILES string of the molecule is CC(C)(N)CNC12CCC[C@@H]1C1CCC3C(C)(CCC4C(C)(C)C(OC(=O)C5CC(C=O)C5(C)C)CCC43C)C1CC2. The Kier molecular flexibility index (Phi) is 7.42. The zero-order valence-electron chi connectivity index (χ0n) is 28.2. The van der Waals surface area contributed by atoms with Crippen LogP contribution in [0.5, 0.6) is 0 Å². The molecule has 6 fully saturated rings. The lowest BCUT2D eigenvalue weighted by atomic mass is 9.36. The first-order valence-electron chi connectivity index (χ1n) is 17.7. The van der Waals surface area contributed by atoms with Crippen LogP contribution in [-0.2, 0) is 14.3 Å². The fourth-order valence-electron chi connectivity index (χ4n) is 12.9. The molecular formula is C37H62N2O3. The first-order chi connectivity index (χ1) is 19.5. The van der Waals surface area contributed by atoms with Crippen LogP contribution in [0.4, 0.5) is 0 Å². The van der Waals surface area contributed by atoms with E-state index >= 15 is 0 Å². The van der Waals surface area contributed by atoms with Gasteiger partial charge in [0, 0.05) is 29.0 Å². The standard InChI is InChI=1S/C37H62N2O3/c1-32(2,38)22-39-37-16-9-10-26(37)24-11-12-29-35(7,25(24)13-19-37)17-14-28-34(5,6)30(15-18-36(28,29)8)42-31(41)27-20-23(21-40)33(27,3)4/h21,23-30,39H,9-20,22,38H2,1-8H3/t23?,24?,25?,26-,27?,28?,29?,30?,35?,36?,37?/m1/s1. The lowest BCUT2D eigenvalue weighted by Gasteiger charge is -2.69. The highest BCUT2D eigenvalue weighted by atomic mass is 16.5. The van der Waals surface area contributed by atoms with E-state index in [4.69, 9.17) is 10.5 Å². The molecular weight excluding hydrogens is 520 g/mol. The van der Waals surface area contributed by atoms with E-state index in [0.717, 1.165) is 42.9 Å². The van der Waals surface area contributed by atoms with Crippen molar-refractivity contribution in [2.45, 2.75) is 150 Å². The maximum Gasteiger partial charge on any atom is 0.309 e. The van der Waals surface area contributed by atoms with Gasteiger partial charge in [0.05, 0.1) is 5.92 Å². The van der Waals surface area contributed by atoms with Crippen molar-refractivity contribution >= 4 is 12.3 Å². The van der Waals surface area contributed by atoms with Crippen molar-refractivity contribution in [3.8, 4) is 0 Å². The molecule has 238 valence electrons. The van der Waals surface area contributed by atoms with Crippen LogP contribution < -0.4 is 11.1 Å². The van der Waals surface area contributed by atoms with E-state index in [1.807, 2.05) is 0 Å². The second-order valence-corrected chi connectivity index (χ2v) is 18.7. The summed E-state index contributed by atoms with van der Waals surface area (Å²) < 4.78 is 6.41. The molecule has 42 heavy (non-hydrogen) atoms. The number of hydrogen-bond donors (Lipinski definition) is 2. The molecule has 0 aromatic carbocycles. The Morgan fingerprint density at radius 3 is 2.24 bits per heavy atom. The van der Waals surface area contributed by atoms with Crippen molar-refractivity contribution < 1.29 is 14.3 Å². The Morgan fingerprint density at radius 2 is 1.57 bits per heavy atom. The number of carbonyl (C=O) groups is 2. The molecule has 0 saturated heterocycles. The van der Waals surface area contributed by atoms with Crippen molar-refractivity contribution in [2.24, 2.45) is 68.8 Å². The fraction of sp³-hybridized carbons (Fsp3) is 0.946. The molecule has 0 aromatic rings. The highest BCUT2D eigenvalue weighted by Gasteiger charge is 2.67. The average Bonchev–Trinajstić information content (AvgIpc) is 3.33.